The van der Waals surface area contributed by atoms with Gasteiger partial charge in [0.2, 0.25) is 0 Å². The molecule has 0 unspecified atom stereocenters. The predicted molar refractivity (Wildman–Crippen MR) is 104 cm³/mol. The van der Waals surface area contributed by atoms with Crippen molar-refractivity contribution in [1.82, 2.24) is 0 Å². The highest BCUT2D eigenvalue weighted by atomic mass is 19.1. The van der Waals surface area contributed by atoms with E-state index in [2.05, 4.69) is 10.1 Å². The van der Waals surface area contributed by atoms with E-state index < -0.39 is 12.0 Å². The molecule has 1 N–H and O–H groups in total. The first-order valence-electron chi connectivity index (χ1n) is 9.00. The second-order valence-electron chi connectivity index (χ2n) is 6.39. The maximum atomic E-state index is 13.1. The molecular formula is C21H22FN3O2. The number of hydrogen-bond donors (Lipinski definition) is 1. The first-order chi connectivity index (χ1) is 13.1. The summed E-state index contributed by atoms with van der Waals surface area (Å²) in [6, 6.07) is 14.9. The first-order valence-corrected chi connectivity index (χ1v) is 9.00. The van der Waals surface area contributed by atoms with Gasteiger partial charge in [-0.2, -0.15) is 10.1 Å². The summed E-state index contributed by atoms with van der Waals surface area (Å²) >= 11 is 0. The third-order valence-corrected chi connectivity index (χ3v) is 4.36. The molecule has 0 bridgehead atoms. The largest absolute Gasteiger partial charge is 0.386 e. The molecular weight excluding hydrogens is 345 g/mol. The number of carbonyl (C=O) groups excluding carboxylic acids is 1. The van der Waals surface area contributed by atoms with Gasteiger partial charge in [-0.05, 0) is 36.2 Å². The van der Waals surface area contributed by atoms with Crippen molar-refractivity contribution in [3.63, 3.8) is 0 Å². The summed E-state index contributed by atoms with van der Waals surface area (Å²) in [6.45, 7) is 2.19. The maximum Gasteiger partial charge on any atom is 0.261 e. The Morgan fingerprint density at radius 1 is 1.22 bits per heavy atom. The topological polar surface area (TPSA) is 65.3 Å². The number of anilines is 1. The van der Waals surface area contributed by atoms with Gasteiger partial charge in [-0.15, -0.1) is 0 Å². The average Bonchev–Trinajstić information content (AvgIpc) is 2.99. The molecule has 0 fully saturated rings. The summed E-state index contributed by atoms with van der Waals surface area (Å²) in [6.07, 6.45) is 2.35. The molecule has 2 aromatic carbocycles. The van der Waals surface area contributed by atoms with Crippen LogP contribution in [0.3, 0.4) is 0 Å². The van der Waals surface area contributed by atoms with E-state index in [1.807, 2.05) is 37.3 Å². The average molecular weight is 367 g/mol. The van der Waals surface area contributed by atoms with Gasteiger partial charge in [0.1, 0.15) is 11.7 Å². The van der Waals surface area contributed by atoms with Crippen molar-refractivity contribution in [2.24, 2.45) is 16.0 Å². The molecule has 6 heteroatoms. The number of aliphatic hydroxyl groups excluding tert-OH is 1. The SMILES string of the molecule is CCCC1=NN(c2ccc(F)cc2)C(=O)[C@@H]1C=NC[C@H](O)c1ccccc1. The van der Waals surface area contributed by atoms with Crippen LogP contribution in [0.2, 0.25) is 0 Å². The van der Waals surface area contributed by atoms with E-state index in [0.717, 1.165) is 17.7 Å². The summed E-state index contributed by atoms with van der Waals surface area (Å²) in [5.74, 6) is -1.14. The molecule has 0 aromatic heterocycles. The summed E-state index contributed by atoms with van der Waals surface area (Å²) in [5.41, 5.74) is 2.03. The molecule has 1 aliphatic heterocycles. The fourth-order valence-electron chi connectivity index (χ4n) is 2.94. The van der Waals surface area contributed by atoms with Gasteiger partial charge in [-0.1, -0.05) is 43.7 Å². The van der Waals surface area contributed by atoms with Gasteiger partial charge in [0.25, 0.3) is 5.91 Å². The molecule has 1 aliphatic rings. The van der Waals surface area contributed by atoms with E-state index in [-0.39, 0.29) is 18.3 Å². The van der Waals surface area contributed by atoms with E-state index >= 15 is 0 Å². The number of aliphatic imine (C=N–C) groups is 1. The van der Waals surface area contributed by atoms with Crippen LogP contribution in [0.4, 0.5) is 10.1 Å². The van der Waals surface area contributed by atoms with Gasteiger partial charge < -0.3 is 5.11 Å². The van der Waals surface area contributed by atoms with Crippen LogP contribution < -0.4 is 5.01 Å². The molecule has 3 rings (SSSR count). The smallest absolute Gasteiger partial charge is 0.261 e. The van der Waals surface area contributed by atoms with Gasteiger partial charge in [0.05, 0.1) is 24.0 Å². The number of halogens is 1. The van der Waals surface area contributed by atoms with Crippen molar-refractivity contribution in [1.29, 1.82) is 0 Å². The van der Waals surface area contributed by atoms with Crippen molar-refractivity contribution in [2.45, 2.75) is 25.9 Å². The Hall–Kier alpha value is -2.86. The van der Waals surface area contributed by atoms with Gasteiger partial charge >= 0.3 is 0 Å². The molecule has 5 nitrogen and oxygen atoms in total. The minimum absolute atomic E-state index is 0.170. The van der Waals surface area contributed by atoms with Crippen LogP contribution in [-0.4, -0.2) is 29.5 Å². The van der Waals surface area contributed by atoms with Crippen molar-refractivity contribution >= 4 is 23.5 Å². The van der Waals surface area contributed by atoms with Crippen LogP contribution in [0.1, 0.15) is 31.4 Å². The lowest BCUT2D eigenvalue weighted by Crippen LogP contribution is -2.28. The minimum atomic E-state index is -0.723. The summed E-state index contributed by atoms with van der Waals surface area (Å²) in [7, 11) is 0. The quantitative estimate of drug-likeness (QED) is 0.758. The summed E-state index contributed by atoms with van der Waals surface area (Å²) in [5, 5.41) is 15.9. The number of nitrogens with zero attached hydrogens (tertiary/aromatic N) is 3. The monoisotopic (exact) mass is 367 g/mol. The zero-order valence-electron chi connectivity index (χ0n) is 15.1. The van der Waals surface area contributed by atoms with Crippen LogP contribution in [-0.2, 0) is 4.79 Å². The molecule has 0 radical (unpaired) electrons. The third kappa shape index (κ3) is 4.46. The van der Waals surface area contributed by atoms with E-state index in [0.29, 0.717) is 12.1 Å². The van der Waals surface area contributed by atoms with Crippen molar-refractivity contribution < 1.29 is 14.3 Å². The van der Waals surface area contributed by atoms with Gasteiger partial charge in [-0.3, -0.25) is 9.79 Å². The lowest BCUT2D eigenvalue weighted by atomic mass is 10.0. The Labute approximate surface area is 157 Å². The van der Waals surface area contributed by atoms with Crippen molar-refractivity contribution in [3.05, 3.63) is 66.0 Å². The zero-order chi connectivity index (χ0) is 19.2. The Kier molecular flexibility index (Phi) is 6.08. The normalized spacial score (nSPS) is 18.2. The number of amides is 1. The van der Waals surface area contributed by atoms with Gasteiger partial charge in [-0.25, -0.2) is 4.39 Å². The zero-order valence-corrected chi connectivity index (χ0v) is 15.1. The first kappa shape index (κ1) is 18.9. The van der Waals surface area contributed by atoms with E-state index in [1.54, 1.807) is 6.21 Å². The lowest BCUT2D eigenvalue weighted by molar-refractivity contribution is -0.118. The molecule has 0 aliphatic carbocycles. The second-order valence-corrected chi connectivity index (χ2v) is 6.39. The van der Waals surface area contributed by atoms with Crippen molar-refractivity contribution in [3.8, 4) is 0 Å². The standard InChI is InChI=1S/C21H22FN3O2/c1-2-6-19-18(13-23-14-20(26)15-7-4-3-5-8-15)21(27)25(24-19)17-11-9-16(22)10-12-17/h3-5,7-13,18,20,26H,2,6,14H2,1H3/t18-,20+/m1/s1. The van der Waals surface area contributed by atoms with Crippen LogP contribution in [0.25, 0.3) is 0 Å². The highest BCUT2D eigenvalue weighted by Crippen LogP contribution is 2.25. The molecule has 2 atom stereocenters. The Morgan fingerprint density at radius 3 is 2.59 bits per heavy atom. The third-order valence-electron chi connectivity index (χ3n) is 4.36. The molecule has 140 valence electrons. The molecule has 27 heavy (non-hydrogen) atoms. The van der Waals surface area contributed by atoms with Crippen molar-refractivity contribution in [2.75, 3.05) is 11.6 Å². The second kappa shape index (κ2) is 8.68. The van der Waals surface area contributed by atoms with E-state index in [1.165, 1.54) is 29.3 Å². The van der Waals surface area contributed by atoms with Gasteiger partial charge in [0, 0.05) is 6.21 Å². The molecule has 2 aromatic rings. The molecule has 1 heterocycles. The lowest BCUT2D eigenvalue weighted by Gasteiger charge is -2.12. The minimum Gasteiger partial charge on any atom is -0.386 e. The van der Waals surface area contributed by atoms with E-state index in [9.17, 15) is 14.3 Å². The predicted octanol–water partition coefficient (Wildman–Crippen LogP) is 3.75. The Morgan fingerprint density at radius 2 is 1.93 bits per heavy atom. The molecule has 0 saturated carbocycles. The van der Waals surface area contributed by atoms with Crippen LogP contribution in [0.15, 0.2) is 64.7 Å². The summed E-state index contributed by atoms with van der Waals surface area (Å²) < 4.78 is 13.1. The molecule has 0 spiro atoms. The van der Waals surface area contributed by atoms with E-state index in [4.69, 9.17) is 0 Å². The number of hydrazone groups is 1. The highest BCUT2D eigenvalue weighted by molar-refractivity contribution is 6.24. The summed E-state index contributed by atoms with van der Waals surface area (Å²) in [4.78, 5) is 17.1. The highest BCUT2D eigenvalue weighted by Gasteiger charge is 2.34. The maximum absolute atomic E-state index is 13.1. The number of hydrogen-bond acceptors (Lipinski definition) is 4. The molecule has 0 saturated heterocycles. The van der Waals surface area contributed by atoms with Crippen LogP contribution >= 0.6 is 0 Å². The number of rotatable bonds is 7. The fourth-order valence-corrected chi connectivity index (χ4v) is 2.94. The Balaban J connectivity index is 1.72. The molecule has 1 amide bonds. The fraction of sp³-hybridized carbons (Fsp3) is 0.286. The van der Waals surface area contributed by atoms with Gasteiger partial charge in [0.15, 0.2) is 0 Å². The van der Waals surface area contributed by atoms with Crippen LogP contribution in [0, 0.1) is 11.7 Å². The number of aliphatic hydroxyl groups is 1. The number of benzene rings is 2. The van der Waals surface area contributed by atoms with Crippen LogP contribution in [0.5, 0.6) is 0 Å². The Bertz CT molecular complexity index is 834. The number of carbonyl (C=O) groups is 1.